The van der Waals surface area contributed by atoms with Crippen LogP contribution in [0.5, 0.6) is 11.6 Å². The molecule has 2 aromatic rings. The Morgan fingerprint density at radius 2 is 2.18 bits per heavy atom. The summed E-state index contributed by atoms with van der Waals surface area (Å²) >= 11 is 5.76. The Morgan fingerprint density at radius 1 is 1.32 bits per heavy atom. The van der Waals surface area contributed by atoms with Gasteiger partial charge in [0.2, 0.25) is 5.88 Å². The van der Waals surface area contributed by atoms with E-state index in [0.717, 1.165) is 0 Å². The van der Waals surface area contributed by atoms with Crippen LogP contribution in [0.1, 0.15) is 0 Å². The highest BCUT2D eigenvalue weighted by molar-refractivity contribution is 6.30. The van der Waals surface area contributed by atoms with Gasteiger partial charge >= 0.3 is 0 Å². The summed E-state index contributed by atoms with van der Waals surface area (Å²) < 4.78 is 11.0. The van der Waals surface area contributed by atoms with Crippen LogP contribution < -0.4 is 9.47 Å². The maximum atomic E-state index is 11.9. The number of aromatic nitrogens is 2. The van der Waals surface area contributed by atoms with Gasteiger partial charge in [-0.3, -0.25) is 9.78 Å². The molecular weight excluding hydrogens is 306 g/mol. The van der Waals surface area contributed by atoms with Gasteiger partial charge in [0.25, 0.3) is 5.91 Å². The lowest BCUT2D eigenvalue weighted by Gasteiger charge is -2.38. The third kappa shape index (κ3) is 3.65. The van der Waals surface area contributed by atoms with Crippen molar-refractivity contribution in [2.75, 3.05) is 19.7 Å². The molecule has 6 nitrogen and oxygen atoms in total. The number of rotatable bonds is 5. The van der Waals surface area contributed by atoms with Crippen molar-refractivity contribution in [3.63, 3.8) is 0 Å². The van der Waals surface area contributed by atoms with Crippen LogP contribution in [-0.2, 0) is 4.79 Å². The molecule has 1 saturated heterocycles. The topological polar surface area (TPSA) is 64.5 Å². The summed E-state index contributed by atoms with van der Waals surface area (Å²) in [6.07, 6.45) is 4.70. The number of amides is 1. The molecule has 3 heterocycles. The van der Waals surface area contributed by atoms with Gasteiger partial charge < -0.3 is 14.4 Å². The molecule has 0 saturated carbocycles. The number of pyridine rings is 2. The molecule has 7 heteroatoms. The number of halogens is 1. The Morgan fingerprint density at radius 3 is 2.86 bits per heavy atom. The Balaban J connectivity index is 1.41. The average Bonchev–Trinajstić information content (AvgIpc) is 2.51. The predicted molar refractivity (Wildman–Crippen MR) is 80.0 cm³/mol. The second-order valence-electron chi connectivity index (χ2n) is 4.83. The number of hydrogen-bond acceptors (Lipinski definition) is 5. The van der Waals surface area contributed by atoms with Gasteiger partial charge in [-0.05, 0) is 18.2 Å². The van der Waals surface area contributed by atoms with Crippen LogP contribution in [0.25, 0.3) is 0 Å². The maximum absolute atomic E-state index is 11.9. The van der Waals surface area contributed by atoms with Gasteiger partial charge in [-0.1, -0.05) is 11.6 Å². The lowest BCUT2D eigenvalue weighted by molar-refractivity contribution is -0.142. The van der Waals surface area contributed by atoms with Crippen LogP contribution >= 0.6 is 11.6 Å². The number of carbonyl (C=O) groups excluding carboxylic acids is 1. The van der Waals surface area contributed by atoms with E-state index in [9.17, 15) is 4.79 Å². The minimum absolute atomic E-state index is 0.00237. The fourth-order valence-corrected chi connectivity index (χ4v) is 2.10. The second kappa shape index (κ2) is 6.62. The van der Waals surface area contributed by atoms with Gasteiger partial charge in [-0.15, -0.1) is 0 Å². The molecule has 3 rings (SSSR count). The van der Waals surface area contributed by atoms with E-state index in [0.29, 0.717) is 29.7 Å². The number of ether oxygens (including phenoxy) is 2. The molecule has 1 fully saturated rings. The first-order valence-electron chi connectivity index (χ1n) is 6.79. The molecule has 1 aliphatic rings. The average molecular weight is 320 g/mol. The van der Waals surface area contributed by atoms with E-state index >= 15 is 0 Å². The third-order valence-corrected chi connectivity index (χ3v) is 3.41. The zero-order chi connectivity index (χ0) is 15.4. The molecule has 1 aliphatic heterocycles. The van der Waals surface area contributed by atoms with E-state index in [1.165, 1.54) is 6.20 Å². The fraction of sp³-hybridized carbons (Fsp3) is 0.267. The van der Waals surface area contributed by atoms with E-state index < -0.39 is 0 Å². The molecule has 0 N–H and O–H groups in total. The quantitative estimate of drug-likeness (QED) is 0.841. The van der Waals surface area contributed by atoms with Crippen LogP contribution in [0.15, 0.2) is 42.9 Å². The van der Waals surface area contributed by atoms with Crippen molar-refractivity contribution in [1.29, 1.82) is 0 Å². The molecule has 1 amide bonds. The highest BCUT2D eigenvalue weighted by Crippen LogP contribution is 2.18. The second-order valence-corrected chi connectivity index (χ2v) is 5.27. The molecule has 0 aliphatic carbocycles. The Hall–Kier alpha value is -2.34. The highest BCUT2D eigenvalue weighted by Gasteiger charge is 2.32. The first-order chi connectivity index (χ1) is 10.7. The van der Waals surface area contributed by atoms with Gasteiger partial charge in [0, 0.05) is 18.5 Å². The summed E-state index contributed by atoms with van der Waals surface area (Å²) in [5.74, 6) is 1.01. The molecule has 0 spiro atoms. The maximum Gasteiger partial charge on any atom is 0.260 e. The summed E-state index contributed by atoms with van der Waals surface area (Å²) in [4.78, 5) is 21.6. The molecule has 0 unspecified atom stereocenters. The number of likely N-dealkylation sites (tertiary alicyclic amines) is 1. The summed E-state index contributed by atoms with van der Waals surface area (Å²) in [5.41, 5.74) is 0. The van der Waals surface area contributed by atoms with Gasteiger partial charge in [0.1, 0.15) is 11.9 Å². The summed E-state index contributed by atoms with van der Waals surface area (Å²) in [6, 6.07) is 6.94. The van der Waals surface area contributed by atoms with E-state index in [2.05, 4.69) is 9.97 Å². The molecule has 114 valence electrons. The standard InChI is InChI=1S/C15H14ClN3O3/c16-11-3-4-14(18-6-11)22-13-8-19(9-13)15(20)10-21-12-2-1-5-17-7-12/h1-7,13H,8-10H2. The van der Waals surface area contributed by atoms with Crippen LogP contribution in [0.3, 0.4) is 0 Å². The summed E-state index contributed by atoms with van der Waals surface area (Å²) in [7, 11) is 0. The van der Waals surface area contributed by atoms with Crippen LogP contribution in [0.4, 0.5) is 0 Å². The van der Waals surface area contributed by atoms with Crippen molar-refractivity contribution in [2.45, 2.75) is 6.10 Å². The van der Waals surface area contributed by atoms with Crippen LogP contribution in [0.2, 0.25) is 5.02 Å². The molecule has 22 heavy (non-hydrogen) atoms. The van der Waals surface area contributed by atoms with E-state index in [4.69, 9.17) is 21.1 Å². The molecule has 0 aromatic carbocycles. The number of carbonyl (C=O) groups is 1. The minimum atomic E-state index is -0.0761. The van der Waals surface area contributed by atoms with Crippen LogP contribution in [-0.4, -0.2) is 46.6 Å². The normalized spacial score (nSPS) is 14.3. The predicted octanol–water partition coefficient (Wildman–Crippen LogP) is 1.80. The SMILES string of the molecule is O=C(COc1cccnc1)N1CC(Oc2ccc(Cl)cn2)C1. The van der Waals surface area contributed by atoms with Gasteiger partial charge in [-0.2, -0.15) is 0 Å². The monoisotopic (exact) mass is 319 g/mol. The van der Waals surface area contributed by atoms with Crippen molar-refractivity contribution in [3.8, 4) is 11.6 Å². The summed E-state index contributed by atoms with van der Waals surface area (Å²) in [5, 5.41) is 0.560. The van der Waals surface area contributed by atoms with Gasteiger partial charge in [0.05, 0.1) is 24.3 Å². The Labute approximate surface area is 132 Å². The van der Waals surface area contributed by atoms with E-state index in [1.54, 1.807) is 41.6 Å². The molecule has 0 radical (unpaired) electrons. The lowest BCUT2D eigenvalue weighted by atomic mass is 10.1. The zero-order valence-corrected chi connectivity index (χ0v) is 12.4. The lowest BCUT2D eigenvalue weighted by Crippen LogP contribution is -2.57. The molecule has 0 atom stereocenters. The van der Waals surface area contributed by atoms with Crippen molar-refractivity contribution in [1.82, 2.24) is 14.9 Å². The third-order valence-electron chi connectivity index (χ3n) is 3.19. The zero-order valence-electron chi connectivity index (χ0n) is 11.7. The first kappa shape index (κ1) is 14.6. The minimum Gasteiger partial charge on any atom is -0.482 e. The molecular formula is C15H14ClN3O3. The van der Waals surface area contributed by atoms with Crippen molar-refractivity contribution >= 4 is 17.5 Å². The highest BCUT2D eigenvalue weighted by atomic mass is 35.5. The van der Waals surface area contributed by atoms with E-state index in [1.807, 2.05) is 0 Å². The molecule has 2 aromatic heterocycles. The largest absolute Gasteiger partial charge is 0.482 e. The Bertz CT molecular complexity index is 630. The first-order valence-corrected chi connectivity index (χ1v) is 7.17. The molecule has 0 bridgehead atoms. The Kier molecular flexibility index (Phi) is 4.39. The van der Waals surface area contributed by atoms with Crippen LogP contribution in [0, 0.1) is 0 Å². The van der Waals surface area contributed by atoms with Crippen molar-refractivity contribution < 1.29 is 14.3 Å². The number of hydrogen-bond donors (Lipinski definition) is 0. The van der Waals surface area contributed by atoms with E-state index in [-0.39, 0.29) is 18.6 Å². The van der Waals surface area contributed by atoms with Gasteiger partial charge in [0.15, 0.2) is 6.61 Å². The van der Waals surface area contributed by atoms with Gasteiger partial charge in [-0.25, -0.2) is 4.98 Å². The van der Waals surface area contributed by atoms with Crippen molar-refractivity contribution in [2.24, 2.45) is 0 Å². The fourth-order valence-electron chi connectivity index (χ4n) is 1.99. The number of nitrogens with zero attached hydrogens (tertiary/aromatic N) is 3. The van der Waals surface area contributed by atoms with Crippen molar-refractivity contribution in [3.05, 3.63) is 47.9 Å². The summed E-state index contributed by atoms with van der Waals surface area (Å²) in [6.45, 7) is 1.05. The smallest absolute Gasteiger partial charge is 0.260 e.